The van der Waals surface area contributed by atoms with Crippen LogP contribution in [0.3, 0.4) is 0 Å². The standard InChI is InChI=1S/C14H23ClN4/c1-4-12-13(15)16-10-17-14(12)19-7-5-11(6-8-19)9-18(2)3/h10-11H,4-9H2,1-3H3. The number of piperidine rings is 1. The Morgan fingerprint density at radius 3 is 2.58 bits per heavy atom. The van der Waals surface area contributed by atoms with Gasteiger partial charge in [-0.15, -0.1) is 0 Å². The number of nitrogens with zero attached hydrogens (tertiary/aromatic N) is 4. The molecule has 0 amide bonds. The zero-order valence-corrected chi connectivity index (χ0v) is 12.8. The molecule has 0 aromatic carbocycles. The van der Waals surface area contributed by atoms with Gasteiger partial charge in [-0.05, 0) is 39.3 Å². The summed E-state index contributed by atoms with van der Waals surface area (Å²) in [6.07, 6.45) is 4.90. The van der Waals surface area contributed by atoms with E-state index < -0.39 is 0 Å². The van der Waals surface area contributed by atoms with Crippen molar-refractivity contribution in [3.05, 3.63) is 17.0 Å². The van der Waals surface area contributed by atoms with Gasteiger partial charge in [0.05, 0.1) is 0 Å². The fraction of sp³-hybridized carbons (Fsp3) is 0.714. The van der Waals surface area contributed by atoms with E-state index >= 15 is 0 Å². The molecule has 0 radical (unpaired) electrons. The molecular weight excluding hydrogens is 260 g/mol. The fourth-order valence-electron chi connectivity index (χ4n) is 2.80. The molecule has 1 aliphatic heterocycles. The van der Waals surface area contributed by atoms with Gasteiger partial charge < -0.3 is 9.80 Å². The van der Waals surface area contributed by atoms with E-state index in [4.69, 9.17) is 11.6 Å². The van der Waals surface area contributed by atoms with Gasteiger partial charge in [-0.2, -0.15) is 0 Å². The van der Waals surface area contributed by atoms with Gasteiger partial charge >= 0.3 is 0 Å². The Kier molecular flexibility index (Phi) is 4.99. The largest absolute Gasteiger partial charge is 0.356 e. The summed E-state index contributed by atoms with van der Waals surface area (Å²) in [6, 6.07) is 0. The van der Waals surface area contributed by atoms with Crippen LogP contribution in [0.2, 0.25) is 5.15 Å². The third-order valence-electron chi connectivity index (χ3n) is 3.76. The lowest BCUT2D eigenvalue weighted by atomic mass is 9.96. The summed E-state index contributed by atoms with van der Waals surface area (Å²) in [5, 5.41) is 0.600. The Morgan fingerprint density at radius 1 is 1.32 bits per heavy atom. The molecule has 0 spiro atoms. The molecule has 0 unspecified atom stereocenters. The predicted molar refractivity (Wildman–Crippen MR) is 79.9 cm³/mol. The molecule has 5 heteroatoms. The summed E-state index contributed by atoms with van der Waals surface area (Å²) in [6.45, 7) is 5.42. The molecule has 1 aromatic rings. The van der Waals surface area contributed by atoms with Crippen LogP contribution in [0.15, 0.2) is 6.33 Å². The molecule has 0 bridgehead atoms. The van der Waals surface area contributed by atoms with Gasteiger partial charge in [0.25, 0.3) is 0 Å². The van der Waals surface area contributed by atoms with Gasteiger partial charge in [-0.3, -0.25) is 0 Å². The Balaban J connectivity index is 2.03. The van der Waals surface area contributed by atoms with Crippen molar-refractivity contribution in [1.82, 2.24) is 14.9 Å². The van der Waals surface area contributed by atoms with Crippen LogP contribution in [0.5, 0.6) is 0 Å². The molecule has 1 fully saturated rings. The van der Waals surface area contributed by atoms with Gasteiger partial charge in [0.2, 0.25) is 0 Å². The van der Waals surface area contributed by atoms with Gasteiger partial charge in [-0.1, -0.05) is 18.5 Å². The minimum Gasteiger partial charge on any atom is -0.356 e. The van der Waals surface area contributed by atoms with E-state index in [1.54, 1.807) is 6.33 Å². The van der Waals surface area contributed by atoms with Gasteiger partial charge in [-0.25, -0.2) is 9.97 Å². The summed E-state index contributed by atoms with van der Waals surface area (Å²) in [5.74, 6) is 1.83. The molecule has 0 aliphatic carbocycles. The second kappa shape index (κ2) is 6.53. The maximum absolute atomic E-state index is 6.16. The minimum atomic E-state index is 0.600. The first-order valence-electron chi connectivity index (χ1n) is 7.00. The Labute approximate surface area is 120 Å². The maximum atomic E-state index is 6.16. The van der Waals surface area contributed by atoms with Crippen LogP contribution in [0.25, 0.3) is 0 Å². The summed E-state index contributed by atoms with van der Waals surface area (Å²) >= 11 is 6.16. The van der Waals surface area contributed by atoms with Crippen LogP contribution >= 0.6 is 11.6 Å². The number of halogens is 1. The first-order chi connectivity index (χ1) is 9.11. The second-order valence-electron chi connectivity index (χ2n) is 5.51. The molecule has 4 nitrogen and oxygen atoms in total. The molecule has 1 aromatic heterocycles. The quantitative estimate of drug-likeness (QED) is 0.794. The number of hydrogen-bond acceptors (Lipinski definition) is 4. The third kappa shape index (κ3) is 3.57. The van der Waals surface area contributed by atoms with Crippen LogP contribution in [0, 0.1) is 5.92 Å². The lowest BCUT2D eigenvalue weighted by Crippen LogP contribution is -2.38. The molecular formula is C14H23ClN4. The summed E-state index contributed by atoms with van der Waals surface area (Å²) in [7, 11) is 4.29. The van der Waals surface area contributed by atoms with Gasteiger partial charge in [0, 0.05) is 25.2 Å². The SMILES string of the molecule is CCc1c(Cl)ncnc1N1CCC(CN(C)C)CC1. The number of rotatable bonds is 4. The minimum absolute atomic E-state index is 0.600. The topological polar surface area (TPSA) is 32.3 Å². The molecule has 0 saturated carbocycles. The molecule has 0 atom stereocenters. The average molecular weight is 283 g/mol. The van der Waals surface area contributed by atoms with Crippen molar-refractivity contribution in [3.63, 3.8) is 0 Å². The van der Waals surface area contributed by atoms with E-state index in [1.165, 1.54) is 19.4 Å². The van der Waals surface area contributed by atoms with Crippen molar-refractivity contribution in [3.8, 4) is 0 Å². The van der Waals surface area contributed by atoms with Crippen LogP contribution in [0.4, 0.5) is 5.82 Å². The van der Waals surface area contributed by atoms with E-state index in [0.29, 0.717) is 5.15 Å². The second-order valence-corrected chi connectivity index (χ2v) is 5.87. The first-order valence-corrected chi connectivity index (χ1v) is 7.38. The maximum Gasteiger partial charge on any atom is 0.137 e. The van der Waals surface area contributed by atoms with Crippen molar-refractivity contribution < 1.29 is 0 Å². The molecule has 0 N–H and O–H groups in total. The molecule has 2 heterocycles. The predicted octanol–water partition coefficient (Wildman–Crippen LogP) is 2.47. The monoisotopic (exact) mass is 282 g/mol. The van der Waals surface area contributed by atoms with E-state index in [0.717, 1.165) is 36.8 Å². The Bertz CT molecular complexity index is 414. The van der Waals surface area contributed by atoms with Crippen molar-refractivity contribution >= 4 is 17.4 Å². The zero-order valence-electron chi connectivity index (χ0n) is 12.1. The van der Waals surface area contributed by atoms with Gasteiger partial charge in [0.15, 0.2) is 0 Å². The molecule has 106 valence electrons. The normalized spacial score (nSPS) is 17.2. The number of hydrogen-bond donors (Lipinski definition) is 0. The van der Waals surface area contributed by atoms with Crippen LogP contribution < -0.4 is 4.90 Å². The highest BCUT2D eigenvalue weighted by molar-refractivity contribution is 6.30. The van der Waals surface area contributed by atoms with Crippen LogP contribution in [-0.4, -0.2) is 48.6 Å². The van der Waals surface area contributed by atoms with E-state index in [9.17, 15) is 0 Å². The van der Waals surface area contributed by atoms with Crippen molar-refractivity contribution in [2.75, 3.05) is 38.6 Å². The summed E-state index contributed by atoms with van der Waals surface area (Å²) in [5.41, 5.74) is 1.08. The lowest BCUT2D eigenvalue weighted by molar-refractivity contribution is 0.284. The van der Waals surface area contributed by atoms with E-state index in [1.807, 2.05) is 0 Å². The number of aromatic nitrogens is 2. The van der Waals surface area contributed by atoms with Gasteiger partial charge in [0.1, 0.15) is 17.3 Å². The molecule has 2 rings (SSSR count). The smallest absolute Gasteiger partial charge is 0.137 e. The molecule has 19 heavy (non-hydrogen) atoms. The van der Waals surface area contributed by atoms with E-state index in [2.05, 4.69) is 40.8 Å². The third-order valence-corrected chi connectivity index (χ3v) is 4.09. The zero-order chi connectivity index (χ0) is 13.8. The highest BCUT2D eigenvalue weighted by atomic mass is 35.5. The first kappa shape index (κ1) is 14.5. The Hall–Kier alpha value is -0.870. The van der Waals surface area contributed by atoms with Crippen molar-refractivity contribution in [2.24, 2.45) is 5.92 Å². The van der Waals surface area contributed by atoms with Crippen molar-refractivity contribution in [2.45, 2.75) is 26.2 Å². The van der Waals surface area contributed by atoms with Crippen molar-refractivity contribution in [1.29, 1.82) is 0 Å². The molecule has 1 aliphatic rings. The number of anilines is 1. The summed E-state index contributed by atoms with van der Waals surface area (Å²) < 4.78 is 0. The fourth-order valence-corrected chi connectivity index (χ4v) is 3.06. The van der Waals surface area contributed by atoms with Crippen LogP contribution in [0.1, 0.15) is 25.3 Å². The summed E-state index contributed by atoms with van der Waals surface area (Å²) in [4.78, 5) is 13.2. The highest BCUT2D eigenvalue weighted by Gasteiger charge is 2.22. The van der Waals surface area contributed by atoms with Crippen LogP contribution in [-0.2, 0) is 6.42 Å². The lowest BCUT2D eigenvalue weighted by Gasteiger charge is -2.34. The Morgan fingerprint density at radius 2 is 2.00 bits per heavy atom. The molecule has 1 saturated heterocycles. The highest BCUT2D eigenvalue weighted by Crippen LogP contribution is 2.28. The van der Waals surface area contributed by atoms with E-state index in [-0.39, 0.29) is 0 Å². The average Bonchev–Trinajstić information content (AvgIpc) is 2.38.